The molecule has 0 radical (unpaired) electrons. The van der Waals surface area contributed by atoms with Gasteiger partial charge < -0.3 is 14.8 Å². The van der Waals surface area contributed by atoms with Crippen LogP contribution in [0, 0.1) is 5.92 Å². The summed E-state index contributed by atoms with van der Waals surface area (Å²) in [6.07, 6.45) is 5.34. The third-order valence-electron chi connectivity index (χ3n) is 3.50. The summed E-state index contributed by atoms with van der Waals surface area (Å²) in [7, 11) is 1.63. The van der Waals surface area contributed by atoms with Crippen molar-refractivity contribution < 1.29 is 14.6 Å². The highest BCUT2D eigenvalue weighted by molar-refractivity contribution is 6.00. The number of carboxylic acids is 1. The minimum absolute atomic E-state index is 0.376. The van der Waals surface area contributed by atoms with Gasteiger partial charge >= 0.3 is 5.97 Å². The average molecular weight is 257 g/mol. The molecule has 4 heteroatoms. The van der Waals surface area contributed by atoms with Crippen LogP contribution in [-0.4, -0.2) is 23.2 Å². The van der Waals surface area contributed by atoms with Crippen LogP contribution >= 0.6 is 0 Å². The molecule has 0 bridgehead atoms. The largest absolute Gasteiger partial charge is 0.495 e. The lowest BCUT2D eigenvalue weighted by Gasteiger charge is -2.05. The first-order valence-electron chi connectivity index (χ1n) is 6.29. The first-order valence-corrected chi connectivity index (χ1v) is 6.29. The molecule has 2 aromatic rings. The summed E-state index contributed by atoms with van der Waals surface area (Å²) in [4.78, 5) is 14.2. The summed E-state index contributed by atoms with van der Waals surface area (Å²) >= 11 is 0. The fraction of sp³-hybridized carbons (Fsp3) is 0.267. The average Bonchev–Trinajstić information content (AvgIpc) is 3.14. The fourth-order valence-corrected chi connectivity index (χ4v) is 2.48. The number of rotatable bonds is 4. The Morgan fingerprint density at radius 3 is 2.89 bits per heavy atom. The molecule has 1 aromatic heterocycles. The molecule has 2 N–H and O–H groups in total. The second kappa shape index (κ2) is 4.46. The highest BCUT2D eigenvalue weighted by atomic mass is 16.5. The Morgan fingerprint density at radius 2 is 2.26 bits per heavy atom. The number of carboxylic acid groups (broad SMARTS) is 1. The van der Waals surface area contributed by atoms with Crippen molar-refractivity contribution in [1.82, 2.24) is 4.98 Å². The molecule has 3 rings (SSSR count). The van der Waals surface area contributed by atoms with Crippen molar-refractivity contribution >= 4 is 22.4 Å². The number of aromatic nitrogens is 1. The Hall–Kier alpha value is -2.23. The summed E-state index contributed by atoms with van der Waals surface area (Å²) in [5.74, 6) is 0.259. The van der Waals surface area contributed by atoms with Gasteiger partial charge in [-0.1, -0.05) is 12.1 Å². The van der Waals surface area contributed by atoms with Crippen molar-refractivity contribution in [2.45, 2.75) is 12.8 Å². The zero-order valence-electron chi connectivity index (χ0n) is 10.6. The van der Waals surface area contributed by atoms with E-state index in [4.69, 9.17) is 9.84 Å². The summed E-state index contributed by atoms with van der Waals surface area (Å²) < 4.78 is 5.31. The highest BCUT2D eigenvalue weighted by Gasteiger charge is 2.29. The van der Waals surface area contributed by atoms with Gasteiger partial charge in [-0.15, -0.1) is 0 Å². The molecule has 0 atom stereocenters. The number of aliphatic carboxylic acids is 1. The fourth-order valence-electron chi connectivity index (χ4n) is 2.48. The lowest BCUT2D eigenvalue weighted by atomic mass is 10.00. The molecule has 1 fully saturated rings. The number of methoxy groups -OCH3 is 1. The van der Waals surface area contributed by atoms with E-state index in [9.17, 15) is 4.79 Å². The molecule has 1 aliphatic rings. The van der Waals surface area contributed by atoms with Crippen LogP contribution in [0.2, 0.25) is 0 Å². The number of hydrogen-bond donors (Lipinski definition) is 2. The molecule has 0 amide bonds. The van der Waals surface area contributed by atoms with Crippen molar-refractivity contribution in [2.75, 3.05) is 7.11 Å². The van der Waals surface area contributed by atoms with Gasteiger partial charge in [0.15, 0.2) is 0 Å². The summed E-state index contributed by atoms with van der Waals surface area (Å²) in [6, 6.07) is 5.80. The first-order chi connectivity index (χ1) is 9.20. The van der Waals surface area contributed by atoms with Gasteiger partial charge in [-0.05, 0) is 30.4 Å². The Balaban J connectivity index is 2.16. The third kappa shape index (κ3) is 2.10. The van der Waals surface area contributed by atoms with Gasteiger partial charge in [0, 0.05) is 23.2 Å². The van der Waals surface area contributed by atoms with Gasteiger partial charge in [-0.25, -0.2) is 4.79 Å². The maximum Gasteiger partial charge on any atom is 0.328 e. The summed E-state index contributed by atoms with van der Waals surface area (Å²) in [6.45, 7) is 0. The molecule has 1 saturated carbocycles. The molecule has 4 nitrogen and oxygen atoms in total. The Labute approximate surface area is 110 Å². The number of H-pyrrole nitrogens is 1. The van der Waals surface area contributed by atoms with Crippen LogP contribution in [0.5, 0.6) is 5.75 Å². The highest BCUT2D eigenvalue weighted by Crippen LogP contribution is 2.44. The first kappa shape index (κ1) is 11.8. The van der Waals surface area contributed by atoms with E-state index in [1.54, 1.807) is 7.11 Å². The molecule has 1 aliphatic carbocycles. The van der Waals surface area contributed by atoms with Gasteiger partial charge in [-0.3, -0.25) is 0 Å². The third-order valence-corrected chi connectivity index (χ3v) is 3.50. The van der Waals surface area contributed by atoms with E-state index >= 15 is 0 Å². The molecule has 0 saturated heterocycles. The number of aromatic amines is 1. The zero-order valence-corrected chi connectivity index (χ0v) is 10.6. The van der Waals surface area contributed by atoms with Crippen LogP contribution in [0.1, 0.15) is 18.4 Å². The topological polar surface area (TPSA) is 62.3 Å². The number of hydrogen-bond acceptors (Lipinski definition) is 2. The van der Waals surface area contributed by atoms with Crippen molar-refractivity contribution in [3.8, 4) is 5.75 Å². The number of ether oxygens (including phenoxy) is 1. The Bertz CT molecular complexity index is 665. The number of para-hydroxylation sites is 1. The number of carbonyl (C=O) groups is 1. The minimum Gasteiger partial charge on any atom is -0.495 e. The van der Waals surface area contributed by atoms with E-state index < -0.39 is 5.97 Å². The molecular formula is C15H15NO3. The van der Waals surface area contributed by atoms with E-state index in [-0.39, 0.29) is 0 Å². The van der Waals surface area contributed by atoms with Gasteiger partial charge in [0.1, 0.15) is 5.75 Å². The van der Waals surface area contributed by atoms with Crippen molar-refractivity contribution in [1.29, 1.82) is 0 Å². The summed E-state index contributed by atoms with van der Waals surface area (Å²) in [5, 5.41) is 10.0. The second-order valence-electron chi connectivity index (χ2n) is 4.80. The molecule has 0 spiro atoms. The van der Waals surface area contributed by atoms with Crippen LogP contribution in [0.4, 0.5) is 0 Å². The SMILES string of the molecule is COc1cccc2c(/C(=C/C(=O)O)C3CC3)c[nH]c12. The predicted molar refractivity (Wildman–Crippen MR) is 73.2 cm³/mol. The van der Waals surface area contributed by atoms with E-state index in [2.05, 4.69) is 4.98 Å². The molecule has 98 valence electrons. The minimum atomic E-state index is -0.890. The van der Waals surface area contributed by atoms with E-state index in [1.807, 2.05) is 24.4 Å². The van der Waals surface area contributed by atoms with Gasteiger partial charge in [0.05, 0.1) is 12.6 Å². The smallest absolute Gasteiger partial charge is 0.328 e. The monoisotopic (exact) mass is 257 g/mol. The van der Waals surface area contributed by atoms with Crippen molar-refractivity contribution in [3.05, 3.63) is 36.0 Å². The lowest BCUT2D eigenvalue weighted by Crippen LogP contribution is -1.94. The van der Waals surface area contributed by atoms with Crippen LogP contribution in [0.25, 0.3) is 16.5 Å². The molecule has 0 aliphatic heterocycles. The molecular weight excluding hydrogens is 242 g/mol. The van der Waals surface area contributed by atoms with E-state index in [0.29, 0.717) is 5.92 Å². The van der Waals surface area contributed by atoms with Crippen molar-refractivity contribution in [3.63, 3.8) is 0 Å². The summed E-state index contributed by atoms with van der Waals surface area (Å²) in [5.41, 5.74) is 2.79. The zero-order chi connectivity index (χ0) is 13.4. The van der Waals surface area contributed by atoms with Crippen LogP contribution in [0.15, 0.2) is 30.5 Å². The molecule has 0 unspecified atom stereocenters. The predicted octanol–water partition coefficient (Wildman–Crippen LogP) is 3.05. The number of allylic oxidation sites excluding steroid dienone is 1. The van der Waals surface area contributed by atoms with Crippen LogP contribution in [0.3, 0.4) is 0 Å². The number of fused-ring (bicyclic) bond motifs is 1. The van der Waals surface area contributed by atoms with Crippen LogP contribution < -0.4 is 4.74 Å². The Kier molecular flexibility index (Phi) is 2.78. The molecule has 19 heavy (non-hydrogen) atoms. The molecule has 1 heterocycles. The van der Waals surface area contributed by atoms with Crippen LogP contribution in [-0.2, 0) is 4.79 Å². The number of nitrogens with one attached hydrogen (secondary N) is 1. The maximum atomic E-state index is 11.0. The second-order valence-corrected chi connectivity index (χ2v) is 4.80. The molecule has 1 aromatic carbocycles. The van der Waals surface area contributed by atoms with Crippen molar-refractivity contribution in [2.24, 2.45) is 5.92 Å². The van der Waals surface area contributed by atoms with E-state index in [0.717, 1.165) is 40.6 Å². The quantitative estimate of drug-likeness (QED) is 0.827. The van der Waals surface area contributed by atoms with E-state index in [1.165, 1.54) is 6.08 Å². The van der Waals surface area contributed by atoms with Gasteiger partial charge in [0.2, 0.25) is 0 Å². The standard InChI is InChI=1S/C15H15NO3/c1-19-13-4-2-3-10-12(8-16-15(10)13)11(7-14(17)18)9-5-6-9/h2-4,7-9,16H,5-6H2,1H3,(H,17,18)/b11-7+. The Morgan fingerprint density at radius 1 is 1.47 bits per heavy atom. The van der Waals surface area contributed by atoms with Gasteiger partial charge in [-0.2, -0.15) is 0 Å². The van der Waals surface area contributed by atoms with Gasteiger partial charge in [0.25, 0.3) is 0 Å². The normalized spacial score (nSPS) is 15.7. The number of benzene rings is 1. The lowest BCUT2D eigenvalue weighted by molar-refractivity contribution is -0.131. The maximum absolute atomic E-state index is 11.0.